The summed E-state index contributed by atoms with van der Waals surface area (Å²) in [6.07, 6.45) is 8.45. The topological polar surface area (TPSA) is 34.2 Å². The first-order valence-electron chi connectivity index (χ1n) is 7.20. The Labute approximate surface area is 124 Å². The molecule has 0 aromatic carbocycles. The number of nitrogens with zero attached hydrogens (tertiary/aromatic N) is 1. The maximum Gasteiger partial charge on any atom is 0.0509 e. The minimum absolute atomic E-state index is 0.497. The second-order valence-corrected chi connectivity index (χ2v) is 6.17. The average molecular weight is 327 g/mol. The second kappa shape index (κ2) is 7.98. The van der Waals surface area contributed by atoms with Crippen molar-refractivity contribution in [2.24, 2.45) is 5.92 Å². The molecule has 3 nitrogen and oxygen atoms in total. The normalized spacial score (nSPS) is 21.3. The minimum atomic E-state index is 0.497. The fourth-order valence-corrected chi connectivity index (χ4v) is 3.05. The van der Waals surface area contributed by atoms with Crippen molar-refractivity contribution in [3.8, 4) is 0 Å². The SMILES string of the molecule is CCCNC(Cc1cncc(Br)c1)C1CCCOC1. The molecule has 2 unspecified atom stereocenters. The lowest BCUT2D eigenvalue weighted by Gasteiger charge is -2.31. The number of pyridine rings is 1. The molecular weight excluding hydrogens is 304 g/mol. The van der Waals surface area contributed by atoms with Crippen molar-refractivity contribution >= 4 is 15.9 Å². The summed E-state index contributed by atoms with van der Waals surface area (Å²) in [6, 6.07) is 2.66. The molecule has 0 aliphatic carbocycles. The fraction of sp³-hybridized carbons (Fsp3) is 0.667. The average Bonchev–Trinajstić information content (AvgIpc) is 2.44. The van der Waals surface area contributed by atoms with Crippen LogP contribution in [0.25, 0.3) is 0 Å². The highest BCUT2D eigenvalue weighted by atomic mass is 79.9. The molecule has 0 spiro atoms. The van der Waals surface area contributed by atoms with E-state index in [1.54, 1.807) is 0 Å². The Morgan fingerprint density at radius 1 is 1.53 bits per heavy atom. The lowest BCUT2D eigenvalue weighted by atomic mass is 9.89. The lowest BCUT2D eigenvalue weighted by Crippen LogP contribution is -2.42. The van der Waals surface area contributed by atoms with E-state index >= 15 is 0 Å². The third-order valence-corrected chi connectivity index (χ3v) is 4.07. The van der Waals surface area contributed by atoms with Crippen molar-refractivity contribution in [3.63, 3.8) is 0 Å². The van der Waals surface area contributed by atoms with Crippen LogP contribution in [0.2, 0.25) is 0 Å². The summed E-state index contributed by atoms with van der Waals surface area (Å²) < 4.78 is 6.69. The molecule has 2 atom stereocenters. The number of hydrogen-bond acceptors (Lipinski definition) is 3. The van der Waals surface area contributed by atoms with Crippen LogP contribution < -0.4 is 5.32 Å². The van der Waals surface area contributed by atoms with Gasteiger partial charge in [-0.05, 0) is 65.7 Å². The molecule has 0 saturated carbocycles. The van der Waals surface area contributed by atoms with E-state index in [1.807, 2.05) is 12.4 Å². The zero-order chi connectivity index (χ0) is 13.5. The van der Waals surface area contributed by atoms with Crippen molar-refractivity contribution < 1.29 is 4.74 Å². The van der Waals surface area contributed by atoms with Gasteiger partial charge in [-0.3, -0.25) is 4.98 Å². The van der Waals surface area contributed by atoms with Crippen molar-refractivity contribution in [1.82, 2.24) is 10.3 Å². The van der Waals surface area contributed by atoms with Gasteiger partial charge in [-0.2, -0.15) is 0 Å². The van der Waals surface area contributed by atoms with Gasteiger partial charge in [0.25, 0.3) is 0 Å². The number of ether oxygens (including phenoxy) is 1. The van der Waals surface area contributed by atoms with Gasteiger partial charge >= 0.3 is 0 Å². The van der Waals surface area contributed by atoms with E-state index in [-0.39, 0.29) is 0 Å². The summed E-state index contributed by atoms with van der Waals surface area (Å²) >= 11 is 3.49. The van der Waals surface area contributed by atoms with E-state index in [1.165, 1.54) is 24.8 Å². The number of nitrogens with one attached hydrogen (secondary N) is 1. The largest absolute Gasteiger partial charge is 0.381 e. The van der Waals surface area contributed by atoms with E-state index in [9.17, 15) is 0 Å². The first kappa shape index (κ1) is 14.9. The quantitative estimate of drug-likeness (QED) is 0.871. The molecule has 1 aliphatic rings. The van der Waals surface area contributed by atoms with Crippen LogP contribution in [0.5, 0.6) is 0 Å². The first-order chi connectivity index (χ1) is 9.29. The van der Waals surface area contributed by atoms with Crippen LogP contribution in [-0.2, 0) is 11.2 Å². The van der Waals surface area contributed by atoms with Crippen LogP contribution in [0.15, 0.2) is 22.9 Å². The Morgan fingerprint density at radius 2 is 2.42 bits per heavy atom. The van der Waals surface area contributed by atoms with Crippen LogP contribution in [0.4, 0.5) is 0 Å². The molecule has 19 heavy (non-hydrogen) atoms. The van der Waals surface area contributed by atoms with Gasteiger partial charge in [0, 0.05) is 29.5 Å². The highest BCUT2D eigenvalue weighted by Crippen LogP contribution is 2.21. The van der Waals surface area contributed by atoms with E-state index in [0.29, 0.717) is 12.0 Å². The number of rotatable bonds is 6. The molecule has 0 amide bonds. The summed E-state index contributed by atoms with van der Waals surface area (Å²) in [4.78, 5) is 4.26. The molecule has 0 bridgehead atoms. The number of halogens is 1. The van der Waals surface area contributed by atoms with E-state index in [0.717, 1.165) is 30.7 Å². The van der Waals surface area contributed by atoms with Crippen molar-refractivity contribution in [2.45, 2.75) is 38.6 Å². The summed E-state index contributed by atoms with van der Waals surface area (Å²) in [5.41, 5.74) is 1.29. The molecule has 4 heteroatoms. The molecule has 1 aliphatic heterocycles. The molecule has 1 aromatic rings. The fourth-order valence-electron chi connectivity index (χ4n) is 2.64. The monoisotopic (exact) mass is 326 g/mol. The van der Waals surface area contributed by atoms with Gasteiger partial charge in [-0.1, -0.05) is 6.92 Å². The summed E-state index contributed by atoms with van der Waals surface area (Å²) in [5, 5.41) is 3.68. The van der Waals surface area contributed by atoms with E-state index in [4.69, 9.17) is 4.74 Å². The molecule has 2 rings (SSSR count). The number of aromatic nitrogens is 1. The first-order valence-corrected chi connectivity index (χ1v) is 7.99. The molecule has 1 N–H and O–H groups in total. The maximum atomic E-state index is 5.64. The van der Waals surface area contributed by atoms with Crippen LogP contribution in [0.1, 0.15) is 31.7 Å². The third-order valence-electron chi connectivity index (χ3n) is 3.64. The standard InChI is InChI=1S/C15H23BrN2O/c1-2-5-18-15(13-4-3-6-19-11-13)8-12-7-14(16)10-17-9-12/h7,9-10,13,15,18H,2-6,8,11H2,1H3. The van der Waals surface area contributed by atoms with Crippen molar-refractivity contribution in [2.75, 3.05) is 19.8 Å². The Bertz CT molecular complexity index is 380. The smallest absolute Gasteiger partial charge is 0.0509 e. The van der Waals surface area contributed by atoms with Crippen LogP contribution >= 0.6 is 15.9 Å². The van der Waals surface area contributed by atoms with Gasteiger partial charge in [-0.15, -0.1) is 0 Å². The minimum Gasteiger partial charge on any atom is -0.381 e. The van der Waals surface area contributed by atoms with E-state index in [2.05, 4.69) is 39.2 Å². The molecule has 1 fully saturated rings. The Kier molecular flexibility index (Phi) is 6.28. The highest BCUT2D eigenvalue weighted by molar-refractivity contribution is 9.10. The van der Waals surface area contributed by atoms with E-state index < -0.39 is 0 Å². The van der Waals surface area contributed by atoms with Crippen molar-refractivity contribution in [1.29, 1.82) is 0 Å². The van der Waals surface area contributed by atoms with Crippen molar-refractivity contribution in [3.05, 3.63) is 28.5 Å². The molecule has 1 saturated heterocycles. The van der Waals surface area contributed by atoms with Gasteiger partial charge in [0.2, 0.25) is 0 Å². The summed E-state index contributed by atoms with van der Waals surface area (Å²) in [6.45, 7) is 5.10. The molecule has 106 valence electrons. The highest BCUT2D eigenvalue weighted by Gasteiger charge is 2.24. The lowest BCUT2D eigenvalue weighted by molar-refractivity contribution is 0.0393. The van der Waals surface area contributed by atoms with Crippen LogP contribution in [0, 0.1) is 5.92 Å². The zero-order valence-electron chi connectivity index (χ0n) is 11.6. The van der Waals surface area contributed by atoms with Gasteiger partial charge in [0.15, 0.2) is 0 Å². The molecular formula is C15H23BrN2O. The molecule has 0 radical (unpaired) electrons. The number of hydrogen-bond donors (Lipinski definition) is 1. The van der Waals surface area contributed by atoms with Gasteiger partial charge in [0.05, 0.1) is 6.61 Å². The Balaban J connectivity index is 1.99. The third kappa shape index (κ3) is 4.86. The maximum absolute atomic E-state index is 5.64. The summed E-state index contributed by atoms with van der Waals surface area (Å²) in [5.74, 6) is 0.624. The predicted molar refractivity (Wildman–Crippen MR) is 81.3 cm³/mol. The Hall–Kier alpha value is -0.450. The second-order valence-electron chi connectivity index (χ2n) is 5.25. The van der Waals surface area contributed by atoms with Gasteiger partial charge in [-0.25, -0.2) is 0 Å². The molecule has 2 heterocycles. The van der Waals surface area contributed by atoms with Gasteiger partial charge < -0.3 is 10.1 Å². The predicted octanol–water partition coefficient (Wildman–Crippen LogP) is 3.18. The zero-order valence-corrected chi connectivity index (χ0v) is 13.2. The summed E-state index contributed by atoms with van der Waals surface area (Å²) in [7, 11) is 0. The Morgan fingerprint density at radius 3 is 3.11 bits per heavy atom. The van der Waals surface area contributed by atoms with Crippen LogP contribution in [0.3, 0.4) is 0 Å². The molecule has 1 aromatic heterocycles. The van der Waals surface area contributed by atoms with Gasteiger partial charge in [0.1, 0.15) is 0 Å². The van der Waals surface area contributed by atoms with Crippen LogP contribution in [-0.4, -0.2) is 30.8 Å².